The molecule has 0 amide bonds. The quantitative estimate of drug-likeness (QED) is 0.622. The van der Waals surface area contributed by atoms with Crippen molar-refractivity contribution in [2.75, 3.05) is 5.73 Å². The van der Waals surface area contributed by atoms with Gasteiger partial charge in [0, 0.05) is 12.3 Å². The molecule has 3 nitrogen and oxygen atoms in total. The number of nitrogen functional groups attached to an aromatic ring is 1. The summed E-state index contributed by atoms with van der Waals surface area (Å²) >= 11 is 0. The van der Waals surface area contributed by atoms with E-state index in [0.717, 1.165) is 0 Å². The fraction of sp³-hybridized carbons (Fsp3) is 0.167. The minimum absolute atomic E-state index is 0.0898. The highest BCUT2D eigenvalue weighted by Crippen LogP contribution is 2.25. The van der Waals surface area contributed by atoms with Crippen molar-refractivity contribution in [2.45, 2.75) is 6.18 Å². The van der Waals surface area contributed by atoms with Gasteiger partial charge in [-0.2, -0.15) is 13.2 Å². The van der Waals surface area contributed by atoms with E-state index in [4.69, 9.17) is 5.73 Å². The Kier molecular flexibility index (Phi) is 1.83. The highest BCUT2D eigenvalue weighted by molar-refractivity contribution is 5.30. The van der Waals surface area contributed by atoms with Crippen LogP contribution in [0.15, 0.2) is 17.1 Å². The summed E-state index contributed by atoms with van der Waals surface area (Å²) in [5.74, 6) is -0.0898. The largest absolute Gasteiger partial charge is 0.421 e. The second kappa shape index (κ2) is 2.54. The Morgan fingerprint density at radius 2 is 2.00 bits per heavy atom. The van der Waals surface area contributed by atoms with Gasteiger partial charge in [0.15, 0.2) is 5.43 Å². The van der Waals surface area contributed by atoms with Gasteiger partial charge in [-0.3, -0.25) is 4.79 Å². The number of H-pyrrole nitrogens is 1. The molecule has 6 heteroatoms. The molecule has 0 bridgehead atoms. The van der Waals surface area contributed by atoms with Crippen molar-refractivity contribution in [1.82, 2.24) is 4.98 Å². The van der Waals surface area contributed by atoms with Gasteiger partial charge in [0.25, 0.3) is 0 Å². The van der Waals surface area contributed by atoms with Crippen LogP contribution >= 0.6 is 0 Å². The first-order valence-corrected chi connectivity index (χ1v) is 2.96. The third kappa shape index (κ3) is 1.58. The van der Waals surface area contributed by atoms with Crippen LogP contribution in [0.2, 0.25) is 0 Å². The first-order chi connectivity index (χ1) is 5.41. The predicted molar refractivity (Wildman–Crippen MR) is 36.5 cm³/mol. The first kappa shape index (κ1) is 8.63. The molecular weight excluding hydrogens is 173 g/mol. The van der Waals surface area contributed by atoms with Gasteiger partial charge in [0.2, 0.25) is 0 Å². The topological polar surface area (TPSA) is 58.9 Å². The Balaban J connectivity index is 3.29. The van der Waals surface area contributed by atoms with Crippen LogP contribution in [0.25, 0.3) is 0 Å². The van der Waals surface area contributed by atoms with Gasteiger partial charge in [0.05, 0.1) is 0 Å². The van der Waals surface area contributed by atoms with E-state index in [1.165, 1.54) is 0 Å². The number of pyridine rings is 1. The number of rotatable bonds is 0. The standard InChI is InChI=1S/C6H5F3N2O/c7-6(8,9)3-2-11-5(10)1-4(3)12/h1-2H,(H3,10,11,12). The van der Waals surface area contributed by atoms with Gasteiger partial charge < -0.3 is 10.7 Å². The van der Waals surface area contributed by atoms with Crippen LogP contribution in [0.5, 0.6) is 0 Å². The molecule has 0 atom stereocenters. The van der Waals surface area contributed by atoms with Gasteiger partial charge in [-0.15, -0.1) is 0 Å². The summed E-state index contributed by atoms with van der Waals surface area (Å²) in [4.78, 5) is 12.8. The molecule has 66 valence electrons. The van der Waals surface area contributed by atoms with Gasteiger partial charge >= 0.3 is 6.18 Å². The molecule has 1 aromatic rings. The zero-order chi connectivity index (χ0) is 9.35. The molecular formula is C6H5F3N2O. The molecule has 0 radical (unpaired) electrons. The highest BCUT2D eigenvalue weighted by atomic mass is 19.4. The summed E-state index contributed by atoms with van der Waals surface area (Å²) in [5, 5.41) is 0. The van der Waals surface area contributed by atoms with Crippen LogP contribution in [0.4, 0.5) is 19.0 Å². The van der Waals surface area contributed by atoms with Gasteiger partial charge in [-0.1, -0.05) is 0 Å². The summed E-state index contributed by atoms with van der Waals surface area (Å²) in [7, 11) is 0. The van der Waals surface area contributed by atoms with E-state index in [0.29, 0.717) is 12.3 Å². The van der Waals surface area contributed by atoms with Crippen LogP contribution < -0.4 is 11.2 Å². The lowest BCUT2D eigenvalue weighted by molar-refractivity contribution is -0.138. The summed E-state index contributed by atoms with van der Waals surface area (Å²) in [5.41, 5.74) is 2.68. The molecule has 0 spiro atoms. The number of anilines is 1. The molecule has 1 heterocycles. The Morgan fingerprint density at radius 3 is 2.42 bits per heavy atom. The van der Waals surface area contributed by atoms with E-state index in [2.05, 4.69) is 4.98 Å². The van der Waals surface area contributed by atoms with E-state index in [9.17, 15) is 18.0 Å². The van der Waals surface area contributed by atoms with Crippen molar-refractivity contribution in [3.05, 3.63) is 28.0 Å². The van der Waals surface area contributed by atoms with Crippen molar-refractivity contribution in [1.29, 1.82) is 0 Å². The highest BCUT2D eigenvalue weighted by Gasteiger charge is 2.33. The molecule has 0 fully saturated rings. The average molecular weight is 178 g/mol. The molecule has 0 unspecified atom stereocenters. The Labute approximate surface area is 65.0 Å². The van der Waals surface area contributed by atoms with Crippen molar-refractivity contribution in [2.24, 2.45) is 0 Å². The summed E-state index contributed by atoms with van der Waals surface area (Å²) in [6.07, 6.45) is -4.07. The van der Waals surface area contributed by atoms with Crippen molar-refractivity contribution in [3.8, 4) is 0 Å². The SMILES string of the molecule is Nc1cc(=O)c(C(F)(F)F)c[nH]1. The van der Waals surface area contributed by atoms with Crippen LogP contribution in [0.3, 0.4) is 0 Å². The van der Waals surface area contributed by atoms with Crippen LogP contribution in [-0.4, -0.2) is 4.98 Å². The fourth-order valence-electron chi connectivity index (χ4n) is 0.709. The zero-order valence-electron chi connectivity index (χ0n) is 5.77. The Hall–Kier alpha value is -1.46. The zero-order valence-corrected chi connectivity index (χ0v) is 5.77. The lowest BCUT2D eigenvalue weighted by Crippen LogP contribution is -2.19. The maximum absolute atomic E-state index is 11.9. The van der Waals surface area contributed by atoms with E-state index in [1.807, 2.05) is 0 Å². The molecule has 3 N–H and O–H groups in total. The lowest BCUT2D eigenvalue weighted by Gasteiger charge is -2.04. The molecule has 0 aliphatic heterocycles. The monoisotopic (exact) mass is 178 g/mol. The second-order valence-corrected chi connectivity index (χ2v) is 2.16. The van der Waals surface area contributed by atoms with Crippen LogP contribution in [-0.2, 0) is 6.18 Å². The molecule has 1 aromatic heterocycles. The summed E-state index contributed by atoms with van der Waals surface area (Å²) < 4.78 is 35.8. The number of nitrogens with one attached hydrogen (secondary N) is 1. The number of aromatic nitrogens is 1. The molecule has 12 heavy (non-hydrogen) atoms. The summed E-state index contributed by atoms with van der Waals surface area (Å²) in [6, 6.07) is 0.697. The number of alkyl halides is 3. The van der Waals surface area contributed by atoms with Crippen molar-refractivity contribution in [3.63, 3.8) is 0 Å². The second-order valence-electron chi connectivity index (χ2n) is 2.16. The Morgan fingerprint density at radius 1 is 1.42 bits per heavy atom. The normalized spacial score (nSPS) is 11.6. The third-order valence-corrected chi connectivity index (χ3v) is 1.24. The maximum Gasteiger partial charge on any atom is 0.421 e. The van der Waals surface area contributed by atoms with E-state index >= 15 is 0 Å². The smallest absolute Gasteiger partial charge is 0.385 e. The van der Waals surface area contributed by atoms with Gasteiger partial charge in [0.1, 0.15) is 11.4 Å². The molecule has 0 aliphatic carbocycles. The van der Waals surface area contributed by atoms with Crippen molar-refractivity contribution < 1.29 is 13.2 Å². The Bertz CT molecular complexity index is 341. The number of hydrogen-bond donors (Lipinski definition) is 2. The summed E-state index contributed by atoms with van der Waals surface area (Å²) in [6.45, 7) is 0. The van der Waals surface area contributed by atoms with Gasteiger partial charge in [-0.25, -0.2) is 0 Å². The number of hydrogen-bond acceptors (Lipinski definition) is 2. The maximum atomic E-state index is 11.9. The minimum Gasteiger partial charge on any atom is -0.385 e. The van der Waals surface area contributed by atoms with Crippen LogP contribution in [0, 0.1) is 0 Å². The lowest BCUT2D eigenvalue weighted by atomic mass is 10.2. The minimum atomic E-state index is -4.62. The van der Waals surface area contributed by atoms with E-state index < -0.39 is 17.2 Å². The molecule has 1 rings (SSSR count). The molecule has 0 saturated carbocycles. The first-order valence-electron chi connectivity index (χ1n) is 2.96. The van der Waals surface area contributed by atoms with Crippen LogP contribution in [0.1, 0.15) is 5.56 Å². The van der Waals surface area contributed by atoms with E-state index in [1.54, 1.807) is 0 Å². The van der Waals surface area contributed by atoms with Crippen molar-refractivity contribution >= 4 is 5.82 Å². The number of nitrogens with two attached hydrogens (primary N) is 1. The fourth-order valence-corrected chi connectivity index (χ4v) is 0.709. The van der Waals surface area contributed by atoms with Gasteiger partial charge in [-0.05, 0) is 0 Å². The number of halogens is 3. The molecule has 0 saturated heterocycles. The van der Waals surface area contributed by atoms with E-state index in [-0.39, 0.29) is 5.82 Å². The average Bonchev–Trinajstić information content (AvgIpc) is 1.83. The third-order valence-electron chi connectivity index (χ3n) is 1.24. The predicted octanol–water partition coefficient (Wildman–Crippen LogP) is 0.976. The molecule has 0 aliphatic rings. The number of aromatic amines is 1. The molecule has 0 aromatic carbocycles.